The minimum Gasteiger partial charge on any atom is -0.364 e. The van der Waals surface area contributed by atoms with E-state index in [1.807, 2.05) is 12.1 Å². The predicted molar refractivity (Wildman–Crippen MR) is 115 cm³/mol. The molecule has 2 aromatic rings. The van der Waals surface area contributed by atoms with Crippen molar-refractivity contribution in [3.8, 4) is 0 Å². The first kappa shape index (κ1) is 21.3. The molecule has 0 bridgehead atoms. The Hall–Kier alpha value is -3.53. The lowest BCUT2D eigenvalue weighted by Gasteiger charge is -2.36. The van der Waals surface area contributed by atoms with Gasteiger partial charge in [0.15, 0.2) is 0 Å². The van der Waals surface area contributed by atoms with Gasteiger partial charge in [0.2, 0.25) is 5.91 Å². The normalized spacial score (nSPS) is 19.2. The monoisotopic (exact) mass is 455 g/mol. The number of hydrogen-bond acceptors (Lipinski definition) is 5. The third-order valence-corrected chi connectivity index (χ3v) is 6.31. The van der Waals surface area contributed by atoms with Crippen LogP contribution in [0.3, 0.4) is 0 Å². The number of amides is 4. The van der Waals surface area contributed by atoms with E-state index in [-0.39, 0.29) is 37.0 Å². The van der Waals surface area contributed by atoms with E-state index in [2.05, 4.69) is 10.2 Å². The second-order valence-corrected chi connectivity index (χ2v) is 8.41. The zero-order chi connectivity index (χ0) is 23.1. The summed E-state index contributed by atoms with van der Waals surface area (Å²) in [5, 5.41) is 4.89. The van der Waals surface area contributed by atoms with Crippen molar-refractivity contribution >= 4 is 23.5 Å². The maximum Gasteiger partial charge on any atom is 0.342 e. The van der Waals surface area contributed by atoms with Gasteiger partial charge in [0.05, 0.1) is 13.1 Å². The van der Waals surface area contributed by atoms with E-state index in [1.165, 1.54) is 28.2 Å². The van der Waals surface area contributed by atoms with Crippen LogP contribution in [0.25, 0.3) is 0 Å². The highest BCUT2D eigenvalue weighted by Crippen LogP contribution is 2.28. The number of para-hydroxylation sites is 1. The van der Waals surface area contributed by atoms with Gasteiger partial charge < -0.3 is 4.90 Å². The smallest absolute Gasteiger partial charge is 0.342 e. The molecule has 2 saturated heterocycles. The summed E-state index contributed by atoms with van der Waals surface area (Å²) < 4.78 is 28.2. The van der Waals surface area contributed by atoms with Crippen LogP contribution in [0.5, 0.6) is 0 Å². The van der Waals surface area contributed by atoms with Gasteiger partial charge in [0.1, 0.15) is 17.3 Å². The zero-order valence-electron chi connectivity index (χ0n) is 17.9. The first-order valence-corrected chi connectivity index (χ1v) is 10.9. The molecule has 4 amide bonds. The van der Waals surface area contributed by atoms with Gasteiger partial charge in [0.25, 0.3) is 5.91 Å². The van der Waals surface area contributed by atoms with E-state index < -0.39 is 17.7 Å². The van der Waals surface area contributed by atoms with E-state index in [1.54, 1.807) is 11.0 Å². The molecule has 0 saturated carbocycles. The van der Waals surface area contributed by atoms with Crippen LogP contribution in [0.15, 0.2) is 36.4 Å². The molecule has 8 nitrogen and oxygen atoms in total. The number of halogens is 2. The number of anilines is 1. The highest BCUT2D eigenvalue weighted by atomic mass is 19.1. The van der Waals surface area contributed by atoms with E-state index in [4.69, 9.17) is 0 Å². The van der Waals surface area contributed by atoms with Crippen LogP contribution in [-0.2, 0) is 17.9 Å². The van der Waals surface area contributed by atoms with Crippen molar-refractivity contribution in [3.05, 3.63) is 64.7 Å². The average Bonchev–Trinajstić information content (AvgIpc) is 3.10. The Bertz CT molecular complexity index is 1110. The summed E-state index contributed by atoms with van der Waals surface area (Å²) >= 11 is 0. The van der Waals surface area contributed by atoms with Crippen LogP contribution in [-0.4, -0.2) is 65.5 Å². The van der Waals surface area contributed by atoms with Crippen molar-refractivity contribution in [1.29, 1.82) is 0 Å². The van der Waals surface area contributed by atoms with Gasteiger partial charge in [-0.05, 0) is 29.3 Å². The molecule has 5 rings (SSSR count). The number of urea groups is 1. The predicted octanol–water partition coefficient (Wildman–Crippen LogP) is 2.10. The Balaban J connectivity index is 1.23. The van der Waals surface area contributed by atoms with Crippen molar-refractivity contribution < 1.29 is 23.2 Å². The highest BCUT2D eigenvalue weighted by Gasteiger charge is 2.37. The largest absolute Gasteiger partial charge is 0.364 e. The average molecular weight is 455 g/mol. The fourth-order valence-electron chi connectivity index (χ4n) is 4.62. The molecule has 10 heteroatoms. The number of hydrogen-bond donors (Lipinski definition) is 1. The van der Waals surface area contributed by atoms with Crippen molar-refractivity contribution in [1.82, 2.24) is 20.2 Å². The van der Waals surface area contributed by atoms with Gasteiger partial charge in [-0.3, -0.25) is 19.8 Å². The lowest BCUT2D eigenvalue weighted by Crippen LogP contribution is -2.56. The Kier molecular flexibility index (Phi) is 5.45. The third kappa shape index (κ3) is 4.02. The molecule has 0 atom stereocenters. The van der Waals surface area contributed by atoms with Crippen LogP contribution in [0.4, 0.5) is 19.3 Å². The number of carbonyl (C=O) groups is 3. The van der Waals surface area contributed by atoms with Crippen LogP contribution < -0.4 is 10.2 Å². The molecule has 3 heterocycles. The molecule has 0 radical (unpaired) electrons. The van der Waals surface area contributed by atoms with Crippen molar-refractivity contribution in [2.75, 3.05) is 37.6 Å². The Morgan fingerprint density at radius 1 is 0.879 bits per heavy atom. The number of fused-ring (bicyclic) bond motifs is 1. The van der Waals surface area contributed by atoms with Crippen molar-refractivity contribution in [2.45, 2.75) is 19.5 Å². The lowest BCUT2D eigenvalue weighted by atomic mass is 10.1. The molecule has 2 aromatic carbocycles. The number of piperazine rings is 1. The number of nitrogens with zero attached hydrogens (tertiary/aromatic N) is 4. The summed E-state index contributed by atoms with van der Waals surface area (Å²) in [6.07, 6.45) is 0.153. The second-order valence-electron chi connectivity index (χ2n) is 8.41. The van der Waals surface area contributed by atoms with E-state index in [0.29, 0.717) is 38.3 Å². The molecule has 3 aliphatic rings. The summed E-state index contributed by atoms with van der Waals surface area (Å²) in [5.74, 6) is -1.71. The summed E-state index contributed by atoms with van der Waals surface area (Å²) in [5.41, 5.74) is 2.42. The Morgan fingerprint density at radius 2 is 1.61 bits per heavy atom. The van der Waals surface area contributed by atoms with Gasteiger partial charge in [-0.1, -0.05) is 18.2 Å². The topological polar surface area (TPSA) is 76.2 Å². The van der Waals surface area contributed by atoms with Crippen molar-refractivity contribution in [3.63, 3.8) is 0 Å². The lowest BCUT2D eigenvalue weighted by molar-refractivity contribution is -0.123. The number of rotatable bonds is 4. The van der Waals surface area contributed by atoms with E-state index in [9.17, 15) is 23.2 Å². The quantitative estimate of drug-likeness (QED) is 0.764. The molecule has 33 heavy (non-hydrogen) atoms. The molecular formula is C23H23F2N5O3. The molecule has 1 N–H and O–H groups in total. The summed E-state index contributed by atoms with van der Waals surface area (Å²) in [7, 11) is 0. The fourth-order valence-corrected chi connectivity index (χ4v) is 4.62. The zero-order valence-corrected chi connectivity index (χ0v) is 17.9. The highest BCUT2D eigenvalue weighted by molar-refractivity contribution is 6.01. The van der Waals surface area contributed by atoms with Gasteiger partial charge in [-0.15, -0.1) is 0 Å². The van der Waals surface area contributed by atoms with Crippen LogP contribution in [0.1, 0.15) is 27.9 Å². The summed E-state index contributed by atoms with van der Waals surface area (Å²) in [4.78, 5) is 40.3. The molecule has 172 valence electrons. The molecule has 0 spiro atoms. The van der Waals surface area contributed by atoms with Crippen LogP contribution in [0.2, 0.25) is 0 Å². The summed E-state index contributed by atoms with van der Waals surface area (Å²) in [6, 6.07) is 8.94. The molecular weight excluding hydrogens is 432 g/mol. The molecule has 3 aliphatic heterocycles. The van der Waals surface area contributed by atoms with Crippen LogP contribution in [0, 0.1) is 11.6 Å². The second kappa shape index (κ2) is 8.43. The molecule has 0 unspecified atom stereocenters. The minimum absolute atomic E-state index is 0.0248. The maximum absolute atomic E-state index is 14.1. The summed E-state index contributed by atoms with van der Waals surface area (Å²) in [6.45, 7) is 3.41. The number of hydrazine groups is 1. The number of nitrogens with one attached hydrogen (secondary N) is 1. The first-order chi connectivity index (χ1) is 15.9. The number of imide groups is 1. The van der Waals surface area contributed by atoms with Gasteiger partial charge >= 0.3 is 6.03 Å². The minimum atomic E-state index is -0.586. The molecule has 2 fully saturated rings. The van der Waals surface area contributed by atoms with Gasteiger partial charge in [-0.25, -0.2) is 23.6 Å². The Labute approximate surface area is 189 Å². The van der Waals surface area contributed by atoms with Gasteiger partial charge in [0, 0.05) is 44.7 Å². The molecule has 0 aromatic heterocycles. The number of benzene rings is 2. The fraction of sp³-hybridized carbons (Fsp3) is 0.348. The maximum atomic E-state index is 14.1. The SMILES string of the molecule is O=C1CCN(N2Cc3cc(CN4CCN(c5c(F)cccc5F)CC4)ccc3C2=O)C(=O)N1. The van der Waals surface area contributed by atoms with Crippen molar-refractivity contribution in [2.24, 2.45) is 0 Å². The third-order valence-electron chi connectivity index (χ3n) is 6.31. The van der Waals surface area contributed by atoms with E-state index in [0.717, 1.165) is 11.1 Å². The standard InChI is InChI=1S/C23H23F2N5O3/c24-18-2-1-3-19(25)21(18)28-10-8-27(9-11-28)13-15-4-5-17-16(12-15)14-30(22(17)32)29-7-6-20(31)26-23(29)33/h1-5,12H,6-11,13-14H2,(H,26,31,33). The molecule has 0 aliphatic carbocycles. The first-order valence-electron chi connectivity index (χ1n) is 10.9. The van der Waals surface area contributed by atoms with Crippen LogP contribution >= 0.6 is 0 Å². The van der Waals surface area contributed by atoms with Gasteiger partial charge in [-0.2, -0.15) is 0 Å². The van der Waals surface area contributed by atoms with E-state index >= 15 is 0 Å². The number of carbonyl (C=O) groups excluding carboxylic acids is 3. The Morgan fingerprint density at radius 3 is 2.30 bits per heavy atom.